The lowest BCUT2D eigenvalue weighted by molar-refractivity contribution is -0.119. The van der Waals surface area contributed by atoms with Gasteiger partial charge in [-0.25, -0.2) is 9.18 Å². The van der Waals surface area contributed by atoms with Crippen molar-refractivity contribution in [1.29, 1.82) is 0 Å². The molecule has 6 heteroatoms. The number of anilines is 1. The minimum atomic E-state index is -0.614. The van der Waals surface area contributed by atoms with Crippen LogP contribution in [0.1, 0.15) is 10.4 Å². The van der Waals surface area contributed by atoms with E-state index in [0.717, 1.165) is 0 Å². The van der Waals surface area contributed by atoms with Crippen LogP contribution in [0.25, 0.3) is 0 Å². The molecule has 0 fully saturated rings. The smallest absolute Gasteiger partial charge is 0.339 e. The van der Waals surface area contributed by atoms with Gasteiger partial charge in [-0.05, 0) is 46.3 Å². The summed E-state index contributed by atoms with van der Waals surface area (Å²) < 4.78 is 18.4. The zero-order chi connectivity index (χ0) is 15.2. The minimum Gasteiger partial charge on any atom is -0.452 e. The van der Waals surface area contributed by atoms with Crippen molar-refractivity contribution in [3.63, 3.8) is 0 Å². The molecule has 0 saturated carbocycles. The summed E-state index contributed by atoms with van der Waals surface area (Å²) in [7, 11) is 0. The van der Waals surface area contributed by atoms with E-state index in [0.29, 0.717) is 15.7 Å². The second-order valence-electron chi connectivity index (χ2n) is 4.11. The van der Waals surface area contributed by atoms with Gasteiger partial charge in [0.05, 0.1) is 5.56 Å². The molecular formula is C15H11BrFNO3. The summed E-state index contributed by atoms with van der Waals surface area (Å²) in [5, 5.41) is 2.44. The highest BCUT2D eigenvalue weighted by Crippen LogP contribution is 2.16. The first-order valence-electron chi connectivity index (χ1n) is 6.03. The lowest BCUT2D eigenvalue weighted by Crippen LogP contribution is -2.21. The van der Waals surface area contributed by atoms with Crippen molar-refractivity contribution in [2.45, 2.75) is 0 Å². The average Bonchev–Trinajstić information content (AvgIpc) is 2.45. The normalized spacial score (nSPS) is 10.0. The van der Waals surface area contributed by atoms with Gasteiger partial charge in [0.2, 0.25) is 0 Å². The van der Waals surface area contributed by atoms with E-state index in [1.54, 1.807) is 24.3 Å². The van der Waals surface area contributed by atoms with Gasteiger partial charge in [-0.15, -0.1) is 0 Å². The number of halogens is 2. The second kappa shape index (κ2) is 6.99. The third-order valence-corrected chi connectivity index (χ3v) is 3.23. The summed E-state index contributed by atoms with van der Waals surface area (Å²) in [5.74, 6) is -1.61. The van der Waals surface area contributed by atoms with Gasteiger partial charge in [-0.3, -0.25) is 4.79 Å². The number of hydrogen-bond donors (Lipinski definition) is 1. The van der Waals surface area contributed by atoms with E-state index in [1.165, 1.54) is 24.3 Å². The molecule has 21 heavy (non-hydrogen) atoms. The fraction of sp³-hybridized carbons (Fsp3) is 0.0667. The molecule has 0 aliphatic heterocycles. The molecule has 108 valence electrons. The zero-order valence-corrected chi connectivity index (χ0v) is 12.4. The zero-order valence-electron chi connectivity index (χ0n) is 10.8. The standard InChI is InChI=1S/C15H11BrFNO3/c16-13-7-2-1-6-12(13)15(20)21-9-14(19)18-11-5-3-4-10(17)8-11/h1-8H,9H2,(H,18,19). The first-order chi connectivity index (χ1) is 10.1. The molecule has 0 radical (unpaired) electrons. The summed E-state index contributed by atoms with van der Waals surface area (Å²) in [4.78, 5) is 23.4. The molecule has 0 bridgehead atoms. The van der Waals surface area contributed by atoms with E-state index in [-0.39, 0.29) is 0 Å². The van der Waals surface area contributed by atoms with E-state index in [9.17, 15) is 14.0 Å². The highest BCUT2D eigenvalue weighted by Gasteiger charge is 2.13. The van der Waals surface area contributed by atoms with Gasteiger partial charge in [0.15, 0.2) is 6.61 Å². The third kappa shape index (κ3) is 4.39. The number of amides is 1. The Balaban J connectivity index is 1.90. The monoisotopic (exact) mass is 351 g/mol. The van der Waals surface area contributed by atoms with Gasteiger partial charge in [-0.1, -0.05) is 18.2 Å². The molecule has 2 aromatic rings. The van der Waals surface area contributed by atoms with Gasteiger partial charge in [0.1, 0.15) is 5.82 Å². The SMILES string of the molecule is O=C(COC(=O)c1ccccc1Br)Nc1cccc(F)c1. The number of nitrogens with one attached hydrogen (secondary N) is 1. The molecule has 0 spiro atoms. The predicted molar refractivity (Wildman–Crippen MR) is 79.5 cm³/mol. The van der Waals surface area contributed by atoms with Gasteiger partial charge < -0.3 is 10.1 Å². The average molecular weight is 352 g/mol. The Morgan fingerprint density at radius 2 is 1.90 bits per heavy atom. The van der Waals surface area contributed by atoms with Crippen LogP contribution in [0.15, 0.2) is 53.0 Å². The number of esters is 1. The first-order valence-corrected chi connectivity index (χ1v) is 6.82. The summed E-state index contributed by atoms with van der Waals surface area (Å²) >= 11 is 3.22. The molecule has 0 unspecified atom stereocenters. The molecule has 0 aliphatic carbocycles. The lowest BCUT2D eigenvalue weighted by Gasteiger charge is -2.07. The van der Waals surface area contributed by atoms with Crippen LogP contribution in [0, 0.1) is 5.82 Å². The molecular weight excluding hydrogens is 341 g/mol. The number of benzene rings is 2. The van der Waals surface area contributed by atoms with Crippen molar-refractivity contribution < 1.29 is 18.7 Å². The maximum absolute atomic E-state index is 13.0. The van der Waals surface area contributed by atoms with Crippen LogP contribution >= 0.6 is 15.9 Å². The Kier molecular flexibility index (Phi) is 5.05. The van der Waals surface area contributed by atoms with Gasteiger partial charge in [-0.2, -0.15) is 0 Å². The predicted octanol–water partition coefficient (Wildman–Crippen LogP) is 3.38. The summed E-state index contributed by atoms with van der Waals surface area (Å²) in [6, 6.07) is 12.2. The number of ether oxygens (including phenoxy) is 1. The van der Waals surface area contributed by atoms with Gasteiger partial charge in [0, 0.05) is 10.2 Å². The second-order valence-corrected chi connectivity index (χ2v) is 4.97. The Morgan fingerprint density at radius 1 is 1.14 bits per heavy atom. The van der Waals surface area contributed by atoms with Crippen LogP contribution < -0.4 is 5.32 Å². The Morgan fingerprint density at radius 3 is 2.62 bits per heavy atom. The van der Waals surface area contributed by atoms with E-state index in [1.807, 2.05) is 0 Å². The van der Waals surface area contributed by atoms with Crippen molar-refractivity contribution in [2.24, 2.45) is 0 Å². The Hall–Kier alpha value is -2.21. The Bertz CT molecular complexity index is 675. The largest absolute Gasteiger partial charge is 0.452 e. The molecule has 2 rings (SSSR count). The van der Waals surface area contributed by atoms with Crippen LogP contribution in [0.3, 0.4) is 0 Å². The van der Waals surface area contributed by atoms with Crippen molar-refractivity contribution in [2.75, 3.05) is 11.9 Å². The molecule has 4 nitrogen and oxygen atoms in total. The van der Waals surface area contributed by atoms with Gasteiger partial charge in [0.25, 0.3) is 5.91 Å². The topological polar surface area (TPSA) is 55.4 Å². The quantitative estimate of drug-likeness (QED) is 0.859. The maximum atomic E-state index is 13.0. The van der Waals surface area contributed by atoms with Crippen LogP contribution in [-0.2, 0) is 9.53 Å². The number of carbonyl (C=O) groups excluding carboxylic acids is 2. The van der Waals surface area contributed by atoms with E-state index in [2.05, 4.69) is 21.2 Å². The highest BCUT2D eigenvalue weighted by molar-refractivity contribution is 9.10. The molecule has 1 N–H and O–H groups in total. The van der Waals surface area contributed by atoms with E-state index < -0.39 is 24.3 Å². The van der Waals surface area contributed by atoms with Crippen LogP contribution in [0.2, 0.25) is 0 Å². The van der Waals surface area contributed by atoms with Gasteiger partial charge >= 0.3 is 5.97 Å². The molecule has 0 aromatic heterocycles. The highest BCUT2D eigenvalue weighted by atomic mass is 79.9. The molecule has 0 saturated heterocycles. The molecule has 2 aromatic carbocycles. The Labute approximate surface area is 129 Å². The fourth-order valence-electron chi connectivity index (χ4n) is 1.60. The van der Waals surface area contributed by atoms with Crippen LogP contribution in [-0.4, -0.2) is 18.5 Å². The molecule has 0 heterocycles. The van der Waals surface area contributed by atoms with Crippen molar-refractivity contribution in [3.05, 3.63) is 64.4 Å². The number of carbonyl (C=O) groups is 2. The summed E-state index contributed by atoms with van der Waals surface area (Å²) in [5.41, 5.74) is 0.632. The van der Waals surface area contributed by atoms with Crippen molar-refractivity contribution in [1.82, 2.24) is 0 Å². The van der Waals surface area contributed by atoms with Crippen LogP contribution in [0.4, 0.5) is 10.1 Å². The van der Waals surface area contributed by atoms with Crippen molar-refractivity contribution in [3.8, 4) is 0 Å². The lowest BCUT2D eigenvalue weighted by atomic mass is 10.2. The van der Waals surface area contributed by atoms with Crippen LogP contribution in [0.5, 0.6) is 0 Å². The maximum Gasteiger partial charge on any atom is 0.339 e. The summed E-state index contributed by atoms with van der Waals surface area (Å²) in [6.45, 7) is -0.448. The molecule has 0 aliphatic rings. The van der Waals surface area contributed by atoms with E-state index in [4.69, 9.17) is 4.74 Å². The molecule has 1 amide bonds. The number of hydrogen-bond acceptors (Lipinski definition) is 3. The molecule has 0 atom stereocenters. The van der Waals surface area contributed by atoms with Crippen molar-refractivity contribution >= 4 is 33.5 Å². The van der Waals surface area contributed by atoms with E-state index >= 15 is 0 Å². The first kappa shape index (κ1) is 15.2. The number of rotatable bonds is 4. The fourth-order valence-corrected chi connectivity index (χ4v) is 2.05. The summed E-state index contributed by atoms with van der Waals surface area (Å²) in [6.07, 6.45) is 0. The minimum absolute atomic E-state index is 0.303. The third-order valence-electron chi connectivity index (χ3n) is 2.54.